The van der Waals surface area contributed by atoms with Crippen LogP contribution in [0.1, 0.15) is 38.0 Å². The number of nitrogens with one attached hydrogen (secondary N) is 2. The molecule has 0 spiro atoms. The molecule has 1 aliphatic heterocycles. The number of rotatable bonds is 4. The maximum absolute atomic E-state index is 12.6. The average molecular weight is 379 g/mol. The second-order valence-corrected chi connectivity index (χ2v) is 6.04. The number of ether oxygens (including phenoxy) is 1. The Hall–Kier alpha value is -2.57. The van der Waals surface area contributed by atoms with Gasteiger partial charge in [-0.2, -0.15) is 0 Å². The second-order valence-electron chi connectivity index (χ2n) is 5.20. The summed E-state index contributed by atoms with van der Waals surface area (Å²) in [7, 11) is 0. The summed E-state index contributed by atoms with van der Waals surface area (Å²) < 4.78 is 5.43. The van der Waals surface area contributed by atoms with Crippen molar-refractivity contribution in [2.45, 2.75) is 6.92 Å². The highest BCUT2D eigenvalue weighted by atomic mass is 35.5. The Morgan fingerprint density at radius 3 is 2.56 bits per heavy atom. The third-order valence-corrected chi connectivity index (χ3v) is 4.03. The smallest absolute Gasteiger partial charge is 0.259 e. The largest absolute Gasteiger partial charge is 0.491 e. The first-order valence-corrected chi connectivity index (χ1v) is 8.09. The van der Waals surface area contributed by atoms with Crippen molar-refractivity contribution < 1.29 is 19.1 Å². The molecule has 0 unspecified atom stereocenters. The Morgan fingerprint density at radius 1 is 1.12 bits per heavy atom. The Bertz CT molecular complexity index is 912. The zero-order valence-electron chi connectivity index (χ0n) is 13.0. The molecule has 2 aromatic carbocycles. The van der Waals surface area contributed by atoms with Gasteiger partial charge in [-0.15, -0.1) is 0 Å². The molecule has 8 heteroatoms. The van der Waals surface area contributed by atoms with Crippen molar-refractivity contribution in [2.75, 3.05) is 11.9 Å². The molecule has 128 valence electrons. The van der Waals surface area contributed by atoms with Gasteiger partial charge in [-0.1, -0.05) is 23.2 Å². The monoisotopic (exact) mass is 378 g/mol. The molecule has 0 atom stereocenters. The highest BCUT2D eigenvalue weighted by Crippen LogP contribution is 2.33. The molecule has 25 heavy (non-hydrogen) atoms. The van der Waals surface area contributed by atoms with Gasteiger partial charge in [-0.25, -0.2) is 0 Å². The molecule has 3 rings (SSSR count). The van der Waals surface area contributed by atoms with Crippen molar-refractivity contribution in [2.24, 2.45) is 0 Å². The van der Waals surface area contributed by atoms with Crippen molar-refractivity contribution in [3.8, 4) is 5.75 Å². The summed E-state index contributed by atoms with van der Waals surface area (Å²) in [5, 5.41) is 5.35. The maximum Gasteiger partial charge on any atom is 0.259 e. The quantitative estimate of drug-likeness (QED) is 0.796. The van der Waals surface area contributed by atoms with Crippen molar-refractivity contribution in [3.63, 3.8) is 0 Å². The van der Waals surface area contributed by atoms with Gasteiger partial charge in [0.15, 0.2) is 5.75 Å². The predicted octanol–water partition coefficient (Wildman–Crippen LogP) is 3.53. The van der Waals surface area contributed by atoms with Crippen molar-refractivity contribution in [1.82, 2.24) is 5.32 Å². The van der Waals surface area contributed by atoms with Crippen molar-refractivity contribution in [3.05, 3.63) is 57.1 Å². The first-order valence-electron chi connectivity index (χ1n) is 7.33. The van der Waals surface area contributed by atoms with E-state index in [4.69, 9.17) is 27.9 Å². The van der Waals surface area contributed by atoms with Gasteiger partial charge in [0.1, 0.15) is 0 Å². The number of imide groups is 1. The number of carbonyl (C=O) groups is 3. The Kier molecular flexibility index (Phi) is 4.65. The van der Waals surface area contributed by atoms with Crippen LogP contribution in [0.3, 0.4) is 0 Å². The number of halogens is 2. The van der Waals surface area contributed by atoms with Gasteiger partial charge >= 0.3 is 0 Å². The predicted molar refractivity (Wildman–Crippen MR) is 93.8 cm³/mol. The summed E-state index contributed by atoms with van der Waals surface area (Å²) in [4.78, 5) is 35.9. The third-order valence-electron chi connectivity index (χ3n) is 3.54. The summed E-state index contributed by atoms with van der Waals surface area (Å²) in [6.45, 7) is 2.09. The van der Waals surface area contributed by atoms with Crippen LogP contribution in [0.5, 0.6) is 5.75 Å². The van der Waals surface area contributed by atoms with Crippen LogP contribution in [-0.4, -0.2) is 24.3 Å². The number of benzene rings is 2. The summed E-state index contributed by atoms with van der Waals surface area (Å²) in [6, 6.07) is 7.36. The van der Waals surface area contributed by atoms with E-state index in [1.807, 2.05) is 0 Å². The topological polar surface area (TPSA) is 84.5 Å². The molecule has 6 nitrogen and oxygen atoms in total. The Balaban J connectivity index is 1.92. The van der Waals surface area contributed by atoms with E-state index >= 15 is 0 Å². The number of carbonyl (C=O) groups excluding carboxylic acids is 3. The molecule has 0 aromatic heterocycles. The normalized spacial score (nSPS) is 12.6. The van der Waals surface area contributed by atoms with Gasteiger partial charge in [0.2, 0.25) is 0 Å². The summed E-state index contributed by atoms with van der Waals surface area (Å²) in [6.07, 6.45) is 0. The summed E-state index contributed by atoms with van der Waals surface area (Å²) in [5.41, 5.74) is 0.994. The molecular formula is C17H12Cl2N2O4. The molecule has 0 aliphatic carbocycles. The van der Waals surface area contributed by atoms with Crippen LogP contribution >= 0.6 is 23.2 Å². The van der Waals surface area contributed by atoms with Gasteiger partial charge in [-0.3, -0.25) is 19.7 Å². The highest BCUT2D eigenvalue weighted by molar-refractivity contribution is 6.36. The minimum absolute atomic E-state index is 0.167. The van der Waals surface area contributed by atoms with Crippen LogP contribution in [0.4, 0.5) is 5.69 Å². The zero-order valence-corrected chi connectivity index (χ0v) is 14.5. The number of fused-ring (bicyclic) bond motifs is 1. The van der Waals surface area contributed by atoms with E-state index in [1.54, 1.807) is 6.92 Å². The number of hydrogen-bond donors (Lipinski definition) is 2. The van der Waals surface area contributed by atoms with Gasteiger partial charge in [0.25, 0.3) is 17.7 Å². The van der Waals surface area contributed by atoms with E-state index in [-0.39, 0.29) is 32.5 Å². The molecule has 0 radical (unpaired) electrons. The molecule has 0 fully saturated rings. The standard InChI is InChI=1S/C17H12Cl2N2O4/c1-2-25-14-12(5-8(18)6-13(14)19)17(24)20-9-3-4-10-11(7-9)16(23)21-15(10)22/h3-7H,2H2,1H3,(H,20,24)(H,21,22,23). The fourth-order valence-corrected chi connectivity index (χ4v) is 3.01. The van der Waals surface area contributed by atoms with E-state index in [9.17, 15) is 14.4 Å². The minimum atomic E-state index is -0.503. The molecule has 1 heterocycles. The van der Waals surface area contributed by atoms with Crippen LogP contribution in [0.2, 0.25) is 10.0 Å². The zero-order chi connectivity index (χ0) is 18.1. The third kappa shape index (κ3) is 3.31. The molecule has 1 aliphatic rings. The van der Waals surface area contributed by atoms with Gasteiger partial charge in [-0.05, 0) is 37.3 Å². The minimum Gasteiger partial charge on any atom is -0.491 e. The van der Waals surface area contributed by atoms with Crippen LogP contribution in [0, 0.1) is 0 Å². The van der Waals surface area contributed by atoms with Gasteiger partial charge in [0, 0.05) is 10.7 Å². The fourth-order valence-electron chi connectivity index (χ4n) is 2.46. The van der Waals surface area contributed by atoms with E-state index in [0.29, 0.717) is 12.3 Å². The number of amides is 3. The molecule has 0 bridgehead atoms. The van der Waals surface area contributed by atoms with Crippen LogP contribution < -0.4 is 15.4 Å². The number of hydrogen-bond acceptors (Lipinski definition) is 4. The van der Waals surface area contributed by atoms with Crippen molar-refractivity contribution in [1.29, 1.82) is 0 Å². The van der Waals surface area contributed by atoms with E-state index in [2.05, 4.69) is 10.6 Å². The van der Waals surface area contributed by atoms with Gasteiger partial charge in [0.05, 0.1) is 28.3 Å². The maximum atomic E-state index is 12.6. The van der Waals surface area contributed by atoms with Gasteiger partial charge < -0.3 is 10.1 Å². The lowest BCUT2D eigenvalue weighted by Crippen LogP contribution is -2.19. The lowest BCUT2D eigenvalue weighted by molar-refractivity contribution is 0.0878. The van der Waals surface area contributed by atoms with Crippen LogP contribution in [0.25, 0.3) is 0 Å². The first-order chi connectivity index (χ1) is 11.9. The molecule has 3 amide bonds. The molecule has 0 saturated carbocycles. The van der Waals surface area contributed by atoms with E-state index in [1.165, 1.54) is 30.3 Å². The molecule has 2 aromatic rings. The molecular weight excluding hydrogens is 367 g/mol. The highest BCUT2D eigenvalue weighted by Gasteiger charge is 2.27. The summed E-state index contributed by atoms with van der Waals surface area (Å²) in [5.74, 6) is -1.24. The van der Waals surface area contributed by atoms with Crippen molar-refractivity contribution >= 4 is 46.6 Å². The fraction of sp³-hybridized carbons (Fsp3) is 0.118. The van der Waals surface area contributed by atoms with E-state index in [0.717, 1.165) is 0 Å². The Morgan fingerprint density at radius 2 is 1.84 bits per heavy atom. The lowest BCUT2D eigenvalue weighted by Gasteiger charge is -2.13. The molecule has 2 N–H and O–H groups in total. The van der Waals surface area contributed by atoms with E-state index < -0.39 is 17.7 Å². The number of anilines is 1. The first kappa shape index (κ1) is 17.3. The SMILES string of the molecule is CCOc1c(Cl)cc(Cl)cc1C(=O)Nc1ccc2c(c1)C(=O)NC2=O. The lowest BCUT2D eigenvalue weighted by atomic mass is 10.1. The van der Waals surface area contributed by atoms with Crippen LogP contribution in [0.15, 0.2) is 30.3 Å². The average Bonchev–Trinajstić information content (AvgIpc) is 2.84. The Labute approximate surface area is 153 Å². The molecule has 0 saturated heterocycles. The van der Waals surface area contributed by atoms with Crippen LogP contribution in [-0.2, 0) is 0 Å². The summed E-state index contributed by atoms with van der Waals surface area (Å²) >= 11 is 12.1. The second kappa shape index (κ2) is 6.74.